The number of benzene rings is 3. The first-order valence-corrected chi connectivity index (χ1v) is 15.0. The summed E-state index contributed by atoms with van der Waals surface area (Å²) in [5, 5.41) is 3.69. The van der Waals surface area contributed by atoms with Gasteiger partial charge in [-0.25, -0.2) is 0 Å². The lowest BCUT2D eigenvalue weighted by atomic mass is 10.0. The third-order valence-electron chi connectivity index (χ3n) is 5.77. The second-order valence-corrected chi connectivity index (χ2v) is 13.8. The van der Waals surface area contributed by atoms with Crippen molar-refractivity contribution in [2.75, 3.05) is 5.33 Å². The van der Waals surface area contributed by atoms with E-state index in [1.54, 1.807) is 11.8 Å². The van der Waals surface area contributed by atoms with Crippen LogP contribution in [0, 0.1) is 5.92 Å². The van der Waals surface area contributed by atoms with E-state index < -0.39 is 8.07 Å². The first kappa shape index (κ1) is 23.0. The molecule has 0 radical (unpaired) electrons. The van der Waals surface area contributed by atoms with Crippen LogP contribution in [0.15, 0.2) is 95.9 Å². The number of thioether (sulfide) groups is 1. The zero-order chi connectivity index (χ0) is 21.4. The molecule has 0 saturated heterocycles. The van der Waals surface area contributed by atoms with E-state index in [2.05, 4.69) is 102 Å². The SMILES string of the molecule is CC(CCCBr)C(Sc1ccccc1)C(=O)[Si](C)(c1ccccc1)c1ccccc1. The van der Waals surface area contributed by atoms with E-state index in [4.69, 9.17) is 0 Å². The van der Waals surface area contributed by atoms with Crippen molar-refractivity contribution in [3.63, 3.8) is 0 Å². The summed E-state index contributed by atoms with van der Waals surface area (Å²) in [6.07, 6.45) is 2.12. The van der Waals surface area contributed by atoms with Gasteiger partial charge in [-0.15, -0.1) is 11.8 Å². The van der Waals surface area contributed by atoms with Gasteiger partial charge < -0.3 is 4.79 Å². The summed E-state index contributed by atoms with van der Waals surface area (Å²) in [7, 11) is -2.60. The number of carbonyl (C=O) groups is 1. The van der Waals surface area contributed by atoms with Gasteiger partial charge in [-0.1, -0.05) is 108 Å². The molecular formula is C26H29BrOSSi. The van der Waals surface area contributed by atoms with E-state index in [0.717, 1.165) is 18.2 Å². The predicted octanol–water partition coefficient (Wildman–Crippen LogP) is 5.96. The fourth-order valence-electron chi connectivity index (χ4n) is 3.90. The molecule has 4 heteroatoms. The standard InChI is InChI=1S/C26H29BrOSSi/c1-21(13-12-20-27)25(29-22-14-6-3-7-15-22)26(28)30(2,23-16-8-4-9-17-23)24-18-10-5-11-19-24/h3-11,14-19,21,25H,12-13,20H2,1-2H3. The van der Waals surface area contributed by atoms with E-state index >= 15 is 0 Å². The zero-order valence-corrected chi connectivity index (χ0v) is 21.0. The van der Waals surface area contributed by atoms with Gasteiger partial charge in [0.1, 0.15) is 5.41 Å². The van der Waals surface area contributed by atoms with Gasteiger partial charge in [-0.05, 0) is 41.3 Å². The van der Waals surface area contributed by atoms with E-state index in [0.29, 0.717) is 11.3 Å². The average molecular weight is 498 g/mol. The van der Waals surface area contributed by atoms with E-state index in [9.17, 15) is 4.79 Å². The number of alkyl halides is 1. The van der Waals surface area contributed by atoms with E-state index in [-0.39, 0.29) is 5.25 Å². The minimum Gasteiger partial charge on any atom is -0.303 e. The van der Waals surface area contributed by atoms with Crippen LogP contribution >= 0.6 is 27.7 Å². The molecule has 0 aliphatic rings. The van der Waals surface area contributed by atoms with E-state index in [1.165, 1.54) is 15.3 Å². The molecule has 3 aromatic rings. The Morgan fingerprint density at radius 3 is 1.80 bits per heavy atom. The molecular weight excluding hydrogens is 468 g/mol. The summed E-state index contributed by atoms with van der Waals surface area (Å²) in [5.41, 5.74) is 0. The van der Waals surface area contributed by atoms with Crippen LogP contribution in [-0.2, 0) is 4.79 Å². The Bertz CT molecular complexity index is 878. The summed E-state index contributed by atoms with van der Waals surface area (Å²) in [5.74, 6) is 0.305. The van der Waals surface area contributed by atoms with E-state index in [1.807, 2.05) is 18.2 Å². The normalized spacial score (nSPS) is 13.6. The van der Waals surface area contributed by atoms with Gasteiger partial charge in [0.25, 0.3) is 0 Å². The topological polar surface area (TPSA) is 17.1 Å². The van der Waals surface area contributed by atoms with Crippen molar-refractivity contribution in [2.45, 2.75) is 36.5 Å². The monoisotopic (exact) mass is 496 g/mol. The number of hydrogen-bond acceptors (Lipinski definition) is 2. The minimum atomic E-state index is -2.60. The van der Waals surface area contributed by atoms with Gasteiger partial charge in [-0.2, -0.15) is 0 Å². The molecule has 0 bridgehead atoms. The van der Waals surface area contributed by atoms with Crippen molar-refractivity contribution in [1.82, 2.24) is 0 Å². The predicted molar refractivity (Wildman–Crippen MR) is 137 cm³/mol. The Morgan fingerprint density at radius 1 is 0.867 bits per heavy atom. The molecule has 0 aliphatic carbocycles. The van der Waals surface area contributed by atoms with Crippen LogP contribution in [-0.4, -0.2) is 24.1 Å². The lowest BCUT2D eigenvalue weighted by Gasteiger charge is -2.33. The lowest BCUT2D eigenvalue weighted by molar-refractivity contribution is -0.112. The molecule has 0 heterocycles. The van der Waals surface area contributed by atoms with Crippen molar-refractivity contribution in [3.05, 3.63) is 91.0 Å². The average Bonchev–Trinajstić information content (AvgIpc) is 2.81. The molecule has 3 rings (SSSR count). The highest BCUT2D eigenvalue weighted by Gasteiger charge is 2.45. The molecule has 0 fully saturated rings. The maximum absolute atomic E-state index is 14.4. The molecule has 0 N–H and O–H groups in total. The summed E-state index contributed by atoms with van der Waals surface area (Å²) in [4.78, 5) is 15.6. The van der Waals surface area contributed by atoms with Crippen LogP contribution in [0.3, 0.4) is 0 Å². The minimum absolute atomic E-state index is 0.0662. The van der Waals surface area contributed by atoms with Gasteiger partial charge in [0, 0.05) is 10.2 Å². The molecule has 156 valence electrons. The fraction of sp³-hybridized carbons (Fsp3) is 0.269. The first-order chi connectivity index (χ1) is 14.6. The van der Waals surface area contributed by atoms with Crippen LogP contribution in [0.4, 0.5) is 0 Å². The van der Waals surface area contributed by atoms with Crippen molar-refractivity contribution >= 4 is 51.5 Å². The molecule has 2 atom stereocenters. The highest BCUT2D eigenvalue weighted by Crippen LogP contribution is 2.33. The Hall–Kier alpha value is -1.62. The lowest BCUT2D eigenvalue weighted by Crippen LogP contribution is -2.65. The molecule has 2 unspecified atom stereocenters. The highest BCUT2D eigenvalue weighted by atomic mass is 79.9. The van der Waals surface area contributed by atoms with Crippen LogP contribution in [0.5, 0.6) is 0 Å². The fourth-order valence-corrected chi connectivity index (χ4v) is 9.67. The number of halogens is 1. The second-order valence-electron chi connectivity index (χ2n) is 7.88. The first-order valence-electron chi connectivity index (χ1n) is 10.5. The number of carbonyl (C=O) groups excluding carboxylic acids is 1. The molecule has 1 nitrogen and oxygen atoms in total. The molecule has 0 amide bonds. The largest absolute Gasteiger partial charge is 0.303 e. The molecule has 0 spiro atoms. The molecule has 3 aromatic carbocycles. The smallest absolute Gasteiger partial charge is 0.192 e. The summed E-state index contributed by atoms with van der Waals surface area (Å²) < 4.78 is 0. The zero-order valence-electron chi connectivity index (χ0n) is 17.6. The molecule has 0 saturated carbocycles. The maximum Gasteiger partial charge on any atom is 0.192 e. The molecule has 30 heavy (non-hydrogen) atoms. The van der Waals surface area contributed by atoms with Crippen LogP contribution < -0.4 is 10.4 Å². The molecule has 0 aromatic heterocycles. The van der Waals surface area contributed by atoms with Gasteiger partial charge in [0.15, 0.2) is 8.07 Å². The van der Waals surface area contributed by atoms with Crippen molar-refractivity contribution in [2.24, 2.45) is 5.92 Å². The van der Waals surface area contributed by atoms with Crippen LogP contribution in [0.25, 0.3) is 0 Å². The van der Waals surface area contributed by atoms with Crippen molar-refractivity contribution in [3.8, 4) is 0 Å². The Kier molecular flexibility index (Phi) is 8.55. The summed E-state index contributed by atoms with van der Waals surface area (Å²) in [6, 6.07) is 31.2. The van der Waals surface area contributed by atoms with Crippen LogP contribution in [0.2, 0.25) is 6.55 Å². The summed E-state index contributed by atoms with van der Waals surface area (Å²) in [6.45, 7) is 4.47. The maximum atomic E-state index is 14.4. The Labute approximate surface area is 194 Å². The van der Waals surface area contributed by atoms with Crippen molar-refractivity contribution in [1.29, 1.82) is 0 Å². The van der Waals surface area contributed by atoms with Gasteiger partial charge in [0.2, 0.25) is 0 Å². The number of rotatable bonds is 10. The van der Waals surface area contributed by atoms with Crippen LogP contribution in [0.1, 0.15) is 19.8 Å². The van der Waals surface area contributed by atoms with Gasteiger partial charge in [-0.3, -0.25) is 0 Å². The Balaban J connectivity index is 2.05. The molecule has 0 aliphatic heterocycles. The third-order valence-corrected chi connectivity index (χ3v) is 12.3. The summed E-state index contributed by atoms with van der Waals surface area (Å²) >= 11 is 5.30. The highest BCUT2D eigenvalue weighted by molar-refractivity contribution is 9.09. The van der Waals surface area contributed by atoms with Crippen molar-refractivity contribution < 1.29 is 4.79 Å². The van der Waals surface area contributed by atoms with Gasteiger partial charge in [0.05, 0.1) is 5.25 Å². The second kappa shape index (κ2) is 11.1. The van der Waals surface area contributed by atoms with Gasteiger partial charge >= 0.3 is 0 Å². The Morgan fingerprint density at radius 2 is 1.33 bits per heavy atom. The third kappa shape index (κ3) is 5.34. The quantitative estimate of drug-likeness (QED) is 0.195. The number of hydrogen-bond donors (Lipinski definition) is 0.